The van der Waals surface area contributed by atoms with E-state index in [9.17, 15) is 4.79 Å². The maximum Gasteiger partial charge on any atom is 0.323 e. The van der Waals surface area contributed by atoms with Crippen LogP contribution in [-0.4, -0.2) is 22.8 Å². The molecule has 0 spiro atoms. The molecule has 0 aromatic carbocycles. The minimum Gasteiger partial charge on any atom is -0.408 e. The molecule has 6 heteroatoms. The van der Waals surface area contributed by atoms with Gasteiger partial charge in [-0.25, -0.2) is 4.79 Å². The molecule has 0 unspecified atom stereocenters. The number of carbonyl (C=O) groups excluding carboxylic acids is 1. The Hall–Kier alpha value is -1.59. The van der Waals surface area contributed by atoms with Crippen molar-refractivity contribution in [1.82, 2.24) is 15.5 Å². The molecular formula is C6H10N4O2. The molecule has 12 heavy (non-hydrogen) atoms. The molecule has 0 radical (unpaired) electrons. The van der Waals surface area contributed by atoms with E-state index in [1.165, 1.54) is 0 Å². The first-order chi connectivity index (χ1) is 5.72. The fraction of sp³-hybridized carbons (Fsp3) is 0.500. The van der Waals surface area contributed by atoms with Crippen molar-refractivity contribution < 1.29 is 9.21 Å². The highest BCUT2D eigenvalue weighted by Crippen LogP contribution is 2.02. The van der Waals surface area contributed by atoms with Gasteiger partial charge in [0.05, 0.1) is 0 Å². The molecule has 66 valence electrons. The molecule has 0 bridgehead atoms. The maximum atomic E-state index is 10.9. The van der Waals surface area contributed by atoms with Crippen molar-refractivity contribution in [2.75, 3.05) is 11.9 Å². The van der Waals surface area contributed by atoms with Gasteiger partial charge in [0.15, 0.2) is 0 Å². The highest BCUT2D eigenvalue weighted by molar-refractivity contribution is 5.86. The molecule has 2 amide bonds. The summed E-state index contributed by atoms with van der Waals surface area (Å²) in [4.78, 5) is 10.9. The van der Waals surface area contributed by atoms with Crippen molar-refractivity contribution in [3.8, 4) is 0 Å². The number of nitrogens with one attached hydrogen (secondary N) is 2. The maximum absolute atomic E-state index is 10.9. The van der Waals surface area contributed by atoms with E-state index in [2.05, 4.69) is 20.8 Å². The predicted octanol–water partition coefficient (Wildman–Crippen LogP) is 0.519. The van der Waals surface area contributed by atoms with Crippen molar-refractivity contribution in [2.24, 2.45) is 0 Å². The van der Waals surface area contributed by atoms with Crippen LogP contribution in [0.4, 0.5) is 10.8 Å². The second kappa shape index (κ2) is 3.70. The average molecular weight is 170 g/mol. The number of hydrogen-bond donors (Lipinski definition) is 2. The fourth-order valence-electron chi connectivity index (χ4n) is 0.649. The standard InChI is InChI=1S/C6H10N4O2/c1-3-7-5(11)8-6-10-9-4(2)12-6/h3H2,1-2H3,(H2,7,8,10,11). The normalized spacial score (nSPS) is 9.50. The van der Waals surface area contributed by atoms with Crippen LogP contribution in [-0.2, 0) is 0 Å². The molecule has 0 aliphatic rings. The van der Waals surface area contributed by atoms with Gasteiger partial charge in [0, 0.05) is 13.5 Å². The summed E-state index contributed by atoms with van der Waals surface area (Å²) in [6.07, 6.45) is 0. The summed E-state index contributed by atoms with van der Waals surface area (Å²) in [6.45, 7) is 4.02. The summed E-state index contributed by atoms with van der Waals surface area (Å²) >= 11 is 0. The predicted molar refractivity (Wildman–Crippen MR) is 41.7 cm³/mol. The number of amides is 2. The highest BCUT2D eigenvalue weighted by Gasteiger charge is 2.04. The van der Waals surface area contributed by atoms with Gasteiger partial charge in [0.2, 0.25) is 5.89 Å². The van der Waals surface area contributed by atoms with Crippen LogP contribution in [0.2, 0.25) is 0 Å². The van der Waals surface area contributed by atoms with Crippen molar-refractivity contribution >= 4 is 12.0 Å². The summed E-state index contributed by atoms with van der Waals surface area (Å²) < 4.78 is 4.91. The molecule has 0 saturated carbocycles. The lowest BCUT2D eigenvalue weighted by molar-refractivity contribution is 0.252. The Bertz CT molecular complexity index is 270. The lowest BCUT2D eigenvalue weighted by Gasteiger charge is -1.98. The Morgan fingerprint density at radius 2 is 2.33 bits per heavy atom. The molecule has 0 atom stereocenters. The molecule has 0 fully saturated rings. The second-order valence-corrected chi connectivity index (χ2v) is 2.11. The van der Waals surface area contributed by atoms with Crippen LogP contribution in [0.5, 0.6) is 0 Å². The topological polar surface area (TPSA) is 80.0 Å². The van der Waals surface area contributed by atoms with Crippen LogP contribution in [0.3, 0.4) is 0 Å². The Labute approximate surface area is 69.4 Å². The molecule has 0 saturated heterocycles. The summed E-state index contributed by atoms with van der Waals surface area (Å²) in [5.74, 6) is 0.418. The van der Waals surface area contributed by atoms with Crippen LogP contribution in [0.15, 0.2) is 4.42 Å². The van der Waals surface area contributed by atoms with Crippen LogP contribution in [0, 0.1) is 6.92 Å². The largest absolute Gasteiger partial charge is 0.408 e. The molecule has 1 aromatic rings. The van der Waals surface area contributed by atoms with Gasteiger partial charge in [-0.05, 0) is 6.92 Å². The Morgan fingerprint density at radius 3 is 2.83 bits per heavy atom. The zero-order valence-electron chi connectivity index (χ0n) is 6.92. The van der Waals surface area contributed by atoms with Crippen LogP contribution in [0.1, 0.15) is 12.8 Å². The van der Waals surface area contributed by atoms with E-state index in [0.29, 0.717) is 12.4 Å². The SMILES string of the molecule is CCNC(=O)Nc1nnc(C)o1. The summed E-state index contributed by atoms with van der Waals surface area (Å²) in [7, 11) is 0. The first kappa shape index (κ1) is 8.51. The number of hydrogen-bond acceptors (Lipinski definition) is 4. The number of rotatable bonds is 2. The average Bonchev–Trinajstić information content (AvgIpc) is 2.36. The van der Waals surface area contributed by atoms with Crippen molar-refractivity contribution in [3.05, 3.63) is 5.89 Å². The smallest absolute Gasteiger partial charge is 0.323 e. The minimum absolute atomic E-state index is 0.110. The van der Waals surface area contributed by atoms with Gasteiger partial charge in [-0.2, -0.15) is 0 Å². The summed E-state index contributed by atoms with van der Waals surface area (Å²) in [5, 5.41) is 12.0. The third-order valence-corrected chi connectivity index (χ3v) is 1.08. The molecule has 0 aliphatic heterocycles. The summed E-state index contributed by atoms with van der Waals surface area (Å²) in [5.41, 5.74) is 0. The Balaban J connectivity index is 2.46. The van der Waals surface area contributed by atoms with Gasteiger partial charge in [-0.15, -0.1) is 5.10 Å². The molecule has 1 aromatic heterocycles. The van der Waals surface area contributed by atoms with E-state index in [4.69, 9.17) is 4.42 Å². The van der Waals surface area contributed by atoms with Crippen LogP contribution in [0.25, 0.3) is 0 Å². The molecule has 2 N–H and O–H groups in total. The number of aromatic nitrogens is 2. The quantitative estimate of drug-likeness (QED) is 0.678. The van der Waals surface area contributed by atoms with Crippen LogP contribution >= 0.6 is 0 Å². The zero-order chi connectivity index (χ0) is 8.97. The third kappa shape index (κ3) is 2.22. The number of aryl methyl sites for hydroxylation is 1. The second-order valence-electron chi connectivity index (χ2n) is 2.11. The third-order valence-electron chi connectivity index (χ3n) is 1.08. The highest BCUT2D eigenvalue weighted by atomic mass is 16.4. The lowest BCUT2D eigenvalue weighted by Crippen LogP contribution is -2.28. The van der Waals surface area contributed by atoms with Crippen LogP contribution < -0.4 is 10.6 Å². The Kier molecular flexibility index (Phi) is 2.62. The number of anilines is 1. The molecule has 6 nitrogen and oxygen atoms in total. The number of carbonyl (C=O) groups is 1. The van der Waals surface area contributed by atoms with E-state index >= 15 is 0 Å². The first-order valence-corrected chi connectivity index (χ1v) is 3.57. The van der Waals surface area contributed by atoms with E-state index in [1.54, 1.807) is 6.92 Å². The molecular weight excluding hydrogens is 160 g/mol. The van der Waals surface area contributed by atoms with Crippen molar-refractivity contribution in [3.63, 3.8) is 0 Å². The van der Waals surface area contributed by atoms with Gasteiger partial charge in [-0.1, -0.05) is 5.10 Å². The van der Waals surface area contributed by atoms with Gasteiger partial charge < -0.3 is 9.73 Å². The minimum atomic E-state index is -0.346. The van der Waals surface area contributed by atoms with Gasteiger partial charge in [-0.3, -0.25) is 5.32 Å². The van der Waals surface area contributed by atoms with E-state index in [-0.39, 0.29) is 12.0 Å². The first-order valence-electron chi connectivity index (χ1n) is 3.57. The molecule has 1 rings (SSSR count). The lowest BCUT2D eigenvalue weighted by atomic mass is 10.7. The zero-order valence-corrected chi connectivity index (χ0v) is 6.92. The van der Waals surface area contributed by atoms with Gasteiger partial charge in [0.1, 0.15) is 0 Å². The molecule has 1 heterocycles. The number of nitrogens with zero attached hydrogens (tertiary/aromatic N) is 2. The number of urea groups is 1. The van der Waals surface area contributed by atoms with Gasteiger partial charge >= 0.3 is 12.0 Å². The van der Waals surface area contributed by atoms with E-state index in [1.807, 2.05) is 6.92 Å². The van der Waals surface area contributed by atoms with E-state index < -0.39 is 0 Å². The fourth-order valence-corrected chi connectivity index (χ4v) is 0.649. The Morgan fingerprint density at radius 1 is 1.58 bits per heavy atom. The summed E-state index contributed by atoms with van der Waals surface area (Å²) in [6, 6.07) is -0.236. The van der Waals surface area contributed by atoms with Gasteiger partial charge in [0.25, 0.3) is 0 Å². The van der Waals surface area contributed by atoms with Crippen molar-refractivity contribution in [2.45, 2.75) is 13.8 Å². The monoisotopic (exact) mass is 170 g/mol. The molecule has 0 aliphatic carbocycles. The van der Waals surface area contributed by atoms with E-state index in [0.717, 1.165) is 0 Å². The van der Waals surface area contributed by atoms with Crippen molar-refractivity contribution in [1.29, 1.82) is 0 Å².